The van der Waals surface area contributed by atoms with Crippen molar-refractivity contribution in [2.45, 2.75) is 0 Å². The molecule has 0 unspecified atom stereocenters. The van der Waals surface area contributed by atoms with Crippen LogP contribution < -0.4 is 5.11 Å². The Kier molecular flexibility index (Phi) is 5.84. The first-order valence-electron chi connectivity index (χ1n) is 5.15. The molecule has 0 heterocycles. The summed E-state index contributed by atoms with van der Waals surface area (Å²) in [5.74, 6) is -2.38. The van der Waals surface area contributed by atoms with Gasteiger partial charge in [-0.25, -0.2) is 9.59 Å². The second-order valence-electron chi connectivity index (χ2n) is 4.64. The van der Waals surface area contributed by atoms with Crippen LogP contribution in [0.5, 0.6) is 5.75 Å². The van der Waals surface area contributed by atoms with E-state index in [2.05, 4.69) is 0 Å². The van der Waals surface area contributed by atoms with Gasteiger partial charge in [0.05, 0.1) is 26.7 Å². The molecule has 6 heteroatoms. The Hall–Kier alpha value is -2.08. The van der Waals surface area contributed by atoms with Crippen LogP contribution in [0.4, 0.5) is 0 Å². The predicted octanol–water partition coefficient (Wildman–Crippen LogP) is 0.236. The molecule has 0 spiro atoms. The van der Waals surface area contributed by atoms with Crippen LogP contribution in [0.2, 0.25) is 0 Å². The summed E-state index contributed by atoms with van der Waals surface area (Å²) in [6, 6.07) is 5.54. The maximum absolute atomic E-state index is 10.7. The smallest absolute Gasteiger partial charge is 0.359 e. The number of aliphatic carboxylic acids is 1. The second kappa shape index (κ2) is 6.61. The minimum Gasteiger partial charge on any atom is -0.872 e. The lowest BCUT2D eigenvalue weighted by molar-refractivity contribution is -0.862. The third-order valence-corrected chi connectivity index (χ3v) is 1.73. The van der Waals surface area contributed by atoms with Gasteiger partial charge in [-0.1, -0.05) is 23.9 Å². The average molecular weight is 255 g/mol. The summed E-state index contributed by atoms with van der Waals surface area (Å²) in [7, 11) is 5.52. The Bertz CT molecular complexity index is 423. The number of quaternary nitrogens is 1. The molecule has 0 aliphatic heterocycles. The van der Waals surface area contributed by atoms with Crippen LogP contribution in [0.15, 0.2) is 24.3 Å². The summed E-state index contributed by atoms with van der Waals surface area (Å²) in [6.07, 6.45) is 0. The number of carboxylic acids is 2. The first kappa shape index (κ1) is 15.9. The van der Waals surface area contributed by atoms with Crippen LogP contribution >= 0.6 is 0 Å². The average Bonchev–Trinajstić information content (AvgIpc) is 2.14. The van der Waals surface area contributed by atoms with Crippen molar-refractivity contribution in [2.75, 3.05) is 27.7 Å². The van der Waals surface area contributed by atoms with Crippen LogP contribution in [0.1, 0.15) is 10.4 Å². The Morgan fingerprint density at radius 2 is 1.67 bits per heavy atom. The van der Waals surface area contributed by atoms with Crippen molar-refractivity contribution >= 4 is 11.9 Å². The Morgan fingerprint density at radius 1 is 1.17 bits per heavy atom. The monoisotopic (exact) mass is 255 g/mol. The van der Waals surface area contributed by atoms with Crippen LogP contribution in [-0.2, 0) is 4.79 Å². The lowest BCUT2D eigenvalue weighted by Gasteiger charge is -2.20. The van der Waals surface area contributed by atoms with Gasteiger partial charge in [0.1, 0.15) is 0 Å². The maximum Gasteiger partial charge on any atom is 0.359 e. The molecule has 0 fully saturated rings. The van der Waals surface area contributed by atoms with Crippen LogP contribution in [-0.4, -0.2) is 54.3 Å². The molecule has 2 N–H and O–H groups in total. The number of aromatic carboxylic acids is 1. The van der Waals surface area contributed by atoms with E-state index in [1.165, 1.54) is 24.3 Å². The van der Waals surface area contributed by atoms with Gasteiger partial charge in [-0.05, 0) is 6.07 Å². The van der Waals surface area contributed by atoms with Gasteiger partial charge in [0.2, 0.25) is 0 Å². The predicted molar refractivity (Wildman–Crippen MR) is 63.4 cm³/mol. The highest BCUT2D eigenvalue weighted by Gasteiger charge is 2.11. The summed E-state index contributed by atoms with van der Waals surface area (Å²) in [5, 5.41) is 27.3. The molecule has 0 radical (unpaired) electrons. The van der Waals surface area contributed by atoms with Crippen molar-refractivity contribution in [3.63, 3.8) is 0 Å². The van der Waals surface area contributed by atoms with Gasteiger partial charge in [-0.15, -0.1) is 0 Å². The number of nitrogens with zero attached hydrogens (tertiary/aromatic N) is 1. The van der Waals surface area contributed by atoms with E-state index >= 15 is 0 Å². The molecule has 0 atom stereocenters. The van der Waals surface area contributed by atoms with Gasteiger partial charge < -0.3 is 19.8 Å². The molecule has 0 aromatic heterocycles. The second-order valence-corrected chi connectivity index (χ2v) is 4.64. The molecule has 1 aromatic rings. The van der Waals surface area contributed by atoms with E-state index < -0.39 is 17.7 Å². The van der Waals surface area contributed by atoms with Gasteiger partial charge in [0.15, 0.2) is 6.54 Å². The third-order valence-electron chi connectivity index (χ3n) is 1.73. The summed E-state index contributed by atoms with van der Waals surface area (Å²) < 4.78 is 0.481. The van der Waals surface area contributed by atoms with E-state index in [1.807, 2.05) is 21.1 Å². The topological polar surface area (TPSA) is 97.7 Å². The number of likely N-dealkylation sites (N-methyl/N-ethyl adjacent to an activating group) is 1. The molecule has 18 heavy (non-hydrogen) atoms. The number of carboxylic acid groups (broad SMARTS) is 2. The van der Waals surface area contributed by atoms with E-state index in [0.717, 1.165) is 0 Å². The highest BCUT2D eigenvalue weighted by Crippen LogP contribution is 2.10. The zero-order valence-corrected chi connectivity index (χ0v) is 10.6. The first-order chi connectivity index (χ1) is 8.13. The van der Waals surface area contributed by atoms with Gasteiger partial charge >= 0.3 is 11.9 Å². The highest BCUT2D eigenvalue weighted by molar-refractivity contribution is 5.90. The van der Waals surface area contributed by atoms with Crippen molar-refractivity contribution in [1.29, 1.82) is 0 Å². The number of hydrogen-bond donors (Lipinski definition) is 2. The molecule has 0 amide bonds. The minimum absolute atomic E-state index is 0.178. The van der Waals surface area contributed by atoms with Crippen molar-refractivity contribution in [1.82, 2.24) is 0 Å². The number of rotatable bonds is 3. The number of hydrogen-bond acceptors (Lipinski definition) is 3. The first-order valence-corrected chi connectivity index (χ1v) is 5.15. The third kappa shape index (κ3) is 7.24. The standard InChI is InChI=1S/C7H6O3.C5H11NO2/c8-6-4-2-1-3-5(6)7(9)10;1-6(2,3)4-5(7)8/h1-4,8H,(H,9,10);4H2,1-3H3. The number of para-hydroxylation sites is 1. The molecule has 0 saturated heterocycles. The Labute approximate surface area is 105 Å². The molecule has 1 aromatic carbocycles. The van der Waals surface area contributed by atoms with Crippen LogP contribution in [0, 0.1) is 0 Å². The Morgan fingerprint density at radius 3 is 1.89 bits per heavy atom. The van der Waals surface area contributed by atoms with Crippen molar-refractivity contribution in [3.05, 3.63) is 29.8 Å². The molecule has 0 aliphatic rings. The summed E-state index contributed by atoms with van der Waals surface area (Å²) in [4.78, 5) is 20.2. The lowest BCUT2D eigenvalue weighted by Crippen LogP contribution is -2.39. The molecular formula is C12H17NO5. The van der Waals surface area contributed by atoms with E-state index in [-0.39, 0.29) is 12.1 Å². The summed E-state index contributed by atoms with van der Waals surface area (Å²) in [5.41, 5.74) is -0.178. The fraction of sp³-hybridized carbons (Fsp3) is 0.333. The highest BCUT2D eigenvalue weighted by atomic mass is 16.4. The quantitative estimate of drug-likeness (QED) is 0.754. The molecule has 0 aliphatic carbocycles. The van der Waals surface area contributed by atoms with Crippen molar-refractivity contribution in [3.8, 4) is 5.75 Å². The van der Waals surface area contributed by atoms with E-state index in [4.69, 9.17) is 10.2 Å². The molecule has 0 saturated carbocycles. The summed E-state index contributed by atoms with van der Waals surface area (Å²) >= 11 is 0. The Balaban J connectivity index is 0.000000331. The van der Waals surface area contributed by atoms with Gasteiger partial charge in [-0.2, -0.15) is 0 Å². The number of carbonyl (C=O) groups is 2. The van der Waals surface area contributed by atoms with Crippen LogP contribution in [0.3, 0.4) is 0 Å². The fourth-order valence-corrected chi connectivity index (χ4v) is 1.05. The van der Waals surface area contributed by atoms with E-state index in [1.54, 1.807) is 0 Å². The number of benzene rings is 1. The van der Waals surface area contributed by atoms with Crippen LogP contribution in [0.25, 0.3) is 0 Å². The van der Waals surface area contributed by atoms with E-state index in [9.17, 15) is 14.7 Å². The van der Waals surface area contributed by atoms with E-state index in [0.29, 0.717) is 4.48 Å². The summed E-state index contributed by atoms with van der Waals surface area (Å²) in [6.45, 7) is 0.181. The SMILES string of the molecule is C[N+](C)(C)CC(=O)O.O=C(O)c1ccccc1[O-]. The fourth-order valence-electron chi connectivity index (χ4n) is 1.05. The largest absolute Gasteiger partial charge is 0.872 e. The van der Waals surface area contributed by atoms with Crippen molar-refractivity contribution in [2.24, 2.45) is 0 Å². The van der Waals surface area contributed by atoms with Gasteiger partial charge in [0, 0.05) is 0 Å². The molecule has 0 bridgehead atoms. The molecule has 6 nitrogen and oxygen atoms in total. The molecule has 1 rings (SSSR count). The maximum atomic E-state index is 10.7. The molecule has 100 valence electrons. The normalized spacial score (nSPS) is 10.2. The van der Waals surface area contributed by atoms with Gasteiger partial charge in [-0.3, -0.25) is 0 Å². The van der Waals surface area contributed by atoms with Gasteiger partial charge in [0.25, 0.3) is 0 Å². The van der Waals surface area contributed by atoms with Crippen molar-refractivity contribution < 1.29 is 29.4 Å². The molecular weight excluding hydrogens is 238 g/mol. The zero-order chi connectivity index (χ0) is 14.3. The minimum atomic E-state index is -1.18. The zero-order valence-electron chi connectivity index (χ0n) is 10.6. The lowest BCUT2D eigenvalue weighted by atomic mass is 10.2.